The van der Waals surface area contributed by atoms with Gasteiger partial charge in [0.1, 0.15) is 5.75 Å². The Morgan fingerprint density at radius 2 is 1.73 bits per heavy atom. The number of carbonyl (C=O) groups excluding carboxylic acids is 2. The molecule has 0 aromatic heterocycles. The predicted octanol–water partition coefficient (Wildman–Crippen LogP) is 4.14. The van der Waals surface area contributed by atoms with Crippen LogP contribution in [0.2, 0.25) is 0 Å². The van der Waals surface area contributed by atoms with Gasteiger partial charge in [-0.2, -0.15) is 0 Å². The molecule has 1 aliphatic carbocycles. The van der Waals surface area contributed by atoms with Crippen molar-refractivity contribution >= 4 is 18.3 Å². The molecule has 1 spiro atoms. The minimum atomic E-state index is -0.250. The van der Waals surface area contributed by atoms with E-state index in [1.807, 2.05) is 18.2 Å². The van der Waals surface area contributed by atoms with E-state index in [4.69, 9.17) is 9.90 Å². The summed E-state index contributed by atoms with van der Waals surface area (Å²) >= 11 is 0. The molecule has 41 heavy (non-hydrogen) atoms. The van der Waals surface area contributed by atoms with E-state index in [1.165, 1.54) is 5.56 Å². The largest absolute Gasteiger partial charge is 0.508 e. The van der Waals surface area contributed by atoms with Gasteiger partial charge in [0.25, 0.3) is 6.47 Å². The zero-order chi connectivity index (χ0) is 29.2. The lowest BCUT2D eigenvalue weighted by molar-refractivity contribution is -0.151. The van der Waals surface area contributed by atoms with E-state index in [2.05, 4.69) is 51.2 Å². The van der Waals surface area contributed by atoms with Crippen LogP contribution in [0.5, 0.6) is 5.75 Å². The molecule has 3 aliphatic rings. The van der Waals surface area contributed by atoms with Gasteiger partial charge in [0, 0.05) is 37.5 Å². The van der Waals surface area contributed by atoms with Gasteiger partial charge in [0.05, 0.1) is 12.0 Å². The summed E-state index contributed by atoms with van der Waals surface area (Å²) in [6, 6.07) is 17.6. The van der Waals surface area contributed by atoms with Gasteiger partial charge in [0.2, 0.25) is 11.8 Å². The fraction of sp³-hybridized carbons (Fsp3) is 0.485. The second-order valence-corrected chi connectivity index (χ2v) is 11.5. The van der Waals surface area contributed by atoms with E-state index in [9.17, 15) is 14.7 Å². The van der Waals surface area contributed by atoms with E-state index in [-0.39, 0.29) is 41.5 Å². The maximum Gasteiger partial charge on any atom is 0.290 e. The summed E-state index contributed by atoms with van der Waals surface area (Å²) in [5, 5.41) is 19.7. The first kappa shape index (κ1) is 30.1. The molecule has 0 bridgehead atoms. The van der Waals surface area contributed by atoms with Gasteiger partial charge in [-0.25, -0.2) is 0 Å². The number of carbonyl (C=O) groups is 3. The zero-order valence-corrected chi connectivity index (χ0v) is 23.8. The number of amides is 2. The van der Waals surface area contributed by atoms with Crippen molar-refractivity contribution < 1.29 is 24.6 Å². The first-order valence-electron chi connectivity index (χ1n) is 14.5. The molecule has 2 aliphatic heterocycles. The summed E-state index contributed by atoms with van der Waals surface area (Å²) in [6.07, 6.45) is 6.38. The van der Waals surface area contributed by atoms with Crippen LogP contribution in [0, 0.1) is 17.3 Å². The fourth-order valence-corrected chi connectivity index (χ4v) is 6.54. The van der Waals surface area contributed by atoms with Gasteiger partial charge in [-0.05, 0) is 75.3 Å². The highest BCUT2D eigenvalue weighted by Crippen LogP contribution is 2.44. The van der Waals surface area contributed by atoms with Gasteiger partial charge in [0.15, 0.2) is 0 Å². The average Bonchev–Trinajstić information content (AvgIpc) is 3.41. The number of rotatable bonds is 7. The molecule has 2 saturated heterocycles. The Kier molecular flexibility index (Phi) is 10.4. The van der Waals surface area contributed by atoms with E-state index >= 15 is 0 Å². The maximum atomic E-state index is 13.4. The molecule has 2 amide bonds. The molecule has 3 N–H and O–H groups in total. The maximum absolute atomic E-state index is 13.4. The number of phenols is 1. The number of phenolic OH excluding ortho intramolecular Hbond substituents is 1. The Morgan fingerprint density at radius 1 is 1.07 bits per heavy atom. The lowest BCUT2D eigenvalue weighted by Gasteiger charge is -2.54. The summed E-state index contributed by atoms with van der Waals surface area (Å²) < 4.78 is 0. The highest BCUT2D eigenvalue weighted by atomic mass is 16.3. The molecule has 1 saturated carbocycles. The number of nitrogens with zero attached hydrogens (tertiary/aromatic N) is 2. The zero-order valence-electron chi connectivity index (χ0n) is 23.8. The van der Waals surface area contributed by atoms with Crippen LogP contribution >= 0.6 is 0 Å². The van der Waals surface area contributed by atoms with Gasteiger partial charge >= 0.3 is 0 Å². The van der Waals surface area contributed by atoms with E-state index in [0.717, 1.165) is 70.3 Å². The van der Waals surface area contributed by atoms with Crippen LogP contribution in [0.15, 0.2) is 54.6 Å². The first-order valence-corrected chi connectivity index (χ1v) is 14.5. The molecule has 8 heteroatoms. The molecule has 0 radical (unpaired) electrons. The monoisotopic (exact) mass is 559 g/mol. The normalized spacial score (nSPS) is 20.5. The molecular weight excluding hydrogens is 518 g/mol. The van der Waals surface area contributed by atoms with Gasteiger partial charge in [-0.15, -0.1) is 5.92 Å². The molecule has 218 valence electrons. The molecule has 2 atom stereocenters. The summed E-state index contributed by atoms with van der Waals surface area (Å²) in [4.78, 5) is 39.0. The Bertz CT molecular complexity index is 1220. The number of carboxylic acid groups (broad SMARTS) is 1. The first-order chi connectivity index (χ1) is 19.9. The van der Waals surface area contributed by atoms with Crippen molar-refractivity contribution in [2.24, 2.45) is 5.41 Å². The van der Waals surface area contributed by atoms with Crippen LogP contribution in [0.25, 0.3) is 0 Å². The van der Waals surface area contributed by atoms with Crippen molar-refractivity contribution in [1.82, 2.24) is 15.1 Å². The second-order valence-electron chi connectivity index (χ2n) is 11.5. The standard InChI is InChI=1S/C32H39N3O3.CH2O2/c1-2-7-26(25-11-13-28(36)14-12-25)20-30(37)33-27-15-17-32(18-16-27)22-35(23-32)31(38)29-10-6-19-34(29)21-24-8-4-3-5-9-24;2-1-3/h3-5,8-9,11-14,26-27,29,36H,6,10,15-23H2,1H3,(H,33,37);1H,(H,2,3)/t26?,29-;/m1./s1. The lowest BCUT2D eigenvalue weighted by atomic mass is 9.67. The minimum absolute atomic E-state index is 0.0101. The Hall–Kier alpha value is -3.83. The number of likely N-dealkylation sites (tertiary alicyclic amines) is 2. The van der Waals surface area contributed by atoms with Crippen LogP contribution < -0.4 is 5.32 Å². The van der Waals surface area contributed by atoms with Crippen molar-refractivity contribution in [2.45, 2.75) is 76.4 Å². The average molecular weight is 560 g/mol. The summed E-state index contributed by atoms with van der Waals surface area (Å²) in [5.41, 5.74) is 2.43. The third-order valence-corrected chi connectivity index (χ3v) is 8.66. The molecule has 5 rings (SSSR count). The Morgan fingerprint density at radius 3 is 2.37 bits per heavy atom. The Labute approximate surface area is 242 Å². The number of benzene rings is 2. The number of nitrogens with one attached hydrogen (secondary N) is 1. The summed E-state index contributed by atoms with van der Waals surface area (Å²) in [7, 11) is 0. The van der Waals surface area contributed by atoms with Gasteiger partial charge < -0.3 is 20.4 Å². The minimum Gasteiger partial charge on any atom is -0.508 e. The van der Waals surface area contributed by atoms with Crippen molar-refractivity contribution in [3.8, 4) is 17.6 Å². The van der Waals surface area contributed by atoms with Crippen LogP contribution in [-0.4, -0.2) is 70.0 Å². The van der Waals surface area contributed by atoms with Crippen LogP contribution in [0.1, 0.15) is 68.9 Å². The number of aromatic hydroxyl groups is 1. The van der Waals surface area contributed by atoms with Gasteiger partial charge in [-0.3, -0.25) is 19.3 Å². The SMILES string of the molecule is CC#CC(CC(=O)NC1CCC2(CC1)CN(C(=O)[C@H]1CCCN1Cc1ccccc1)C2)c1ccc(O)cc1.O=CO. The molecule has 2 aromatic carbocycles. The number of hydrogen-bond acceptors (Lipinski definition) is 5. The third-order valence-electron chi connectivity index (χ3n) is 8.66. The predicted molar refractivity (Wildman–Crippen MR) is 157 cm³/mol. The molecular formula is C33H41N3O5. The van der Waals surface area contributed by atoms with Crippen LogP contribution in [0.3, 0.4) is 0 Å². The molecule has 2 heterocycles. The second kappa shape index (κ2) is 14.2. The van der Waals surface area contributed by atoms with E-state index < -0.39 is 0 Å². The van der Waals surface area contributed by atoms with Crippen molar-refractivity contribution in [1.29, 1.82) is 0 Å². The topological polar surface area (TPSA) is 110 Å². The van der Waals surface area contributed by atoms with Gasteiger partial charge in [-0.1, -0.05) is 48.4 Å². The highest BCUT2D eigenvalue weighted by molar-refractivity contribution is 5.83. The summed E-state index contributed by atoms with van der Waals surface area (Å²) in [5.74, 6) is 6.43. The lowest BCUT2D eigenvalue weighted by Crippen LogP contribution is -2.63. The van der Waals surface area contributed by atoms with Crippen LogP contribution in [-0.2, 0) is 20.9 Å². The molecule has 1 unspecified atom stereocenters. The Balaban J connectivity index is 0.00000124. The highest BCUT2D eigenvalue weighted by Gasteiger charge is 2.49. The quantitative estimate of drug-likeness (QED) is 0.348. The third kappa shape index (κ3) is 7.89. The smallest absolute Gasteiger partial charge is 0.290 e. The van der Waals surface area contributed by atoms with Crippen LogP contribution in [0.4, 0.5) is 0 Å². The summed E-state index contributed by atoms with van der Waals surface area (Å²) in [6.45, 7) is 5.08. The molecule has 3 fully saturated rings. The number of hydrogen-bond donors (Lipinski definition) is 3. The molecule has 8 nitrogen and oxygen atoms in total. The van der Waals surface area contributed by atoms with E-state index in [1.54, 1.807) is 19.1 Å². The van der Waals surface area contributed by atoms with Crippen molar-refractivity contribution in [3.63, 3.8) is 0 Å². The van der Waals surface area contributed by atoms with Crippen molar-refractivity contribution in [2.75, 3.05) is 19.6 Å². The fourth-order valence-electron chi connectivity index (χ4n) is 6.54. The van der Waals surface area contributed by atoms with Crippen molar-refractivity contribution in [3.05, 3.63) is 65.7 Å². The molecule has 2 aromatic rings. The van der Waals surface area contributed by atoms with E-state index in [0.29, 0.717) is 12.3 Å².